The Balaban J connectivity index is 2.33. The molecule has 0 fully saturated rings. The van der Waals surface area contributed by atoms with Gasteiger partial charge in [-0.2, -0.15) is 0 Å². The quantitative estimate of drug-likeness (QED) is 0.325. The van der Waals surface area contributed by atoms with Crippen molar-refractivity contribution in [3.8, 4) is 0 Å². The standard InChI is InChI=1S/C15H23NO8S3/c1-4-5-22-8-11-6-13(24-9-23-10(2)21-3)12-7-14(27(16,19)20)25-15(12)26(11,17)18/h4,7,10-11,13H,1,5-6,8-9H2,2-3H3,(H2,16,19,20). The summed E-state index contributed by atoms with van der Waals surface area (Å²) in [5, 5.41) is 4.28. The summed E-state index contributed by atoms with van der Waals surface area (Å²) in [6, 6.07) is 1.25. The molecule has 1 aromatic rings. The fraction of sp³-hybridized carbons (Fsp3) is 0.600. The second-order valence-electron chi connectivity index (χ2n) is 5.83. The van der Waals surface area contributed by atoms with Crippen molar-refractivity contribution in [2.75, 3.05) is 27.1 Å². The van der Waals surface area contributed by atoms with Gasteiger partial charge in [-0.3, -0.25) is 0 Å². The minimum absolute atomic E-state index is 0.0639. The molecular weight excluding hydrogens is 418 g/mol. The predicted octanol–water partition coefficient (Wildman–Crippen LogP) is 1.17. The number of rotatable bonds is 10. The highest BCUT2D eigenvalue weighted by Crippen LogP contribution is 2.44. The van der Waals surface area contributed by atoms with Gasteiger partial charge in [-0.05, 0) is 19.4 Å². The smallest absolute Gasteiger partial charge is 0.247 e. The number of hydrogen-bond donors (Lipinski definition) is 1. The Kier molecular flexibility index (Phi) is 7.55. The molecule has 154 valence electrons. The molecule has 9 nitrogen and oxygen atoms in total. The fourth-order valence-corrected chi connectivity index (χ4v) is 6.99. The number of methoxy groups -OCH3 is 1. The van der Waals surface area contributed by atoms with Crippen LogP contribution in [0.3, 0.4) is 0 Å². The lowest BCUT2D eigenvalue weighted by molar-refractivity contribution is -0.190. The first kappa shape index (κ1) is 22.4. The van der Waals surface area contributed by atoms with E-state index in [1.165, 1.54) is 19.3 Å². The first-order chi connectivity index (χ1) is 12.6. The van der Waals surface area contributed by atoms with E-state index in [1.54, 1.807) is 6.92 Å². The van der Waals surface area contributed by atoms with Crippen LogP contribution in [0.4, 0.5) is 0 Å². The van der Waals surface area contributed by atoms with Crippen molar-refractivity contribution in [3.63, 3.8) is 0 Å². The average molecular weight is 442 g/mol. The average Bonchev–Trinajstić information content (AvgIpc) is 3.05. The zero-order chi connectivity index (χ0) is 20.2. The number of nitrogens with two attached hydrogens (primary N) is 1. The molecule has 3 unspecified atom stereocenters. The zero-order valence-electron chi connectivity index (χ0n) is 15.0. The Labute approximate surface area is 163 Å². The van der Waals surface area contributed by atoms with Gasteiger partial charge in [-0.25, -0.2) is 22.0 Å². The van der Waals surface area contributed by atoms with Gasteiger partial charge in [0.2, 0.25) is 10.0 Å². The Morgan fingerprint density at radius 2 is 2.19 bits per heavy atom. The molecule has 3 atom stereocenters. The van der Waals surface area contributed by atoms with E-state index in [1.807, 2.05) is 0 Å². The van der Waals surface area contributed by atoms with Gasteiger partial charge in [-0.15, -0.1) is 17.9 Å². The van der Waals surface area contributed by atoms with E-state index in [0.717, 1.165) is 0 Å². The summed E-state index contributed by atoms with van der Waals surface area (Å²) in [7, 11) is -6.36. The molecule has 12 heteroatoms. The van der Waals surface area contributed by atoms with Crippen LogP contribution in [0, 0.1) is 0 Å². The zero-order valence-corrected chi connectivity index (χ0v) is 17.4. The fourth-order valence-electron chi connectivity index (χ4n) is 2.48. The minimum Gasteiger partial charge on any atom is -0.376 e. The molecule has 0 bridgehead atoms. The highest BCUT2D eigenvalue weighted by Gasteiger charge is 2.42. The molecule has 0 aromatic carbocycles. The van der Waals surface area contributed by atoms with Crippen LogP contribution in [0.1, 0.15) is 25.0 Å². The Morgan fingerprint density at radius 3 is 2.78 bits per heavy atom. The van der Waals surface area contributed by atoms with Crippen LogP contribution in [0.5, 0.6) is 0 Å². The number of sulfonamides is 1. The van der Waals surface area contributed by atoms with Gasteiger partial charge in [0.15, 0.2) is 22.9 Å². The third-order valence-corrected chi connectivity index (χ3v) is 9.22. The Hall–Kier alpha value is -0.860. The number of primary sulfonamides is 1. The van der Waals surface area contributed by atoms with Gasteiger partial charge in [0.05, 0.1) is 24.6 Å². The summed E-state index contributed by atoms with van der Waals surface area (Å²) in [5.74, 6) is 0. The summed E-state index contributed by atoms with van der Waals surface area (Å²) in [6.07, 6.45) is 0.416. The van der Waals surface area contributed by atoms with Gasteiger partial charge in [0, 0.05) is 12.7 Å². The van der Waals surface area contributed by atoms with E-state index in [2.05, 4.69) is 6.58 Å². The Morgan fingerprint density at radius 1 is 1.48 bits per heavy atom. The molecule has 0 spiro atoms. The monoisotopic (exact) mass is 441 g/mol. The van der Waals surface area contributed by atoms with Crippen LogP contribution in [-0.2, 0) is 38.8 Å². The van der Waals surface area contributed by atoms with Crippen LogP contribution < -0.4 is 5.14 Å². The first-order valence-corrected chi connectivity index (χ1v) is 11.9. The minimum atomic E-state index is -4.04. The number of thiophene rings is 1. The van der Waals surface area contributed by atoms with Gasteiger partial charge < -0.3 is 18.9 Å². The summed E-state index contributed by atoms with van der Waals surface area (Å²) in [5.41, 5.74) is 0.262. The lowest BCUT2D eigenvalue weighted by Gasteiger charge is -2.29. The van der Waals surface area contributed by atoms with E-state index in [9.17, 15) is 16.8 Å². The number of sulfone groups is 1. The van der Waals surface area contributed by atoms with Crippen molar-refractivity contribution in [1.82, 2.24) is 0 Å². The van der Waals surface area contributed by atoms with Crippen LogP contribution in [-0.4, -0.2) is 55.5 Å². The van der Waals surface area contributed by atoms with Crippen molar-refractivity contribution in [2.24, 2.45) is 5.14 Å². The predicted molar refractivity (Wildman–Crippen MR) is 98.5 cm³/mol. The second-order valence-corrected chi connectivity index (χ2v) is 11.1. The lowest BCUT2D eigenvalue weighted by atomic mass is 10.1. The molecule has 0 saturated carbocycles. The van der Waals surface area contributed by atoms with Crippen molar-refractivity contribution in [3.05, 3.63) is 24.3 Å². The van der Waals surface area contributed by atoms with Crippen molar-refractivity contribution in [2.45, 2.75) is 39.4 Å². The van der Waals surface area contributed by atoms with Crippen LogP contribution in [0.25, 0.3) is 0 Å². The summed E-state index contributed by atoms with van der Waals surface area (Å²) < 4.78 is 70.0. The molecule has 0 amide bonds. The van der Waals surface area contributed by atoms with Gasteiger partial charge in [0.25, 0.3) is 0 Å². The summed E-state index contributed by atoms with van der Waals surface area (Å²) in [6.45, 7) is 5.18. The molecular formula is C15H23NO8S3. The van der Waals surface area contributed by atoms with Gasteiger partial charge in [0.1, 0.15) is 8.42 Å². The molecule has 27 heavy (non-hydrogen) atoms. The van der Waals surface area contributed by atoms with Crippen LogP contribution in [0.15, 0.2) is 27.1 Å². The maximum Gasteiger partial charge on any atom is 0.247 e. The van der Waals surface area contributed by atoms with E-state index >= 15 is 0 Å². The maximum atomic E-state index is 12.9. The molecule has 1 aromatic heterocycles. The van der Waals surface area contributed by atoms with Crippen molar-refractivity contribution in [1.29, 1.82) is 0 Å². The highest BCUT2D eigenvalue weighted by molar-refractivity contribution is 7.95. The SMILES string of the molecule is C=CCOCC1CC(OCOC(C)OC)c2cc(S(N)(=O)=O)sc2S1(=O)=O. The van der Waals surface area contributed by atoms with E-state index in [0.29, 0.717) is 11.3 Å². The third-order valence-electron chi connectivity index (χ3n) is 3.95. The van der Waals surface area contributed by atoms with E-state index < -0.39 is 37.5 Å². The molecule has 0 radical (unpaired) electrons. The number of fused-ring (bicyclic) bond motifs is 1. The van der Waals surface area contributed by atoms with Crippen molar-refractivity contribution < 1.29 is 35.8 Å². The molecule has 1 aliphatic heterocycles. The molecule has 2 heterocycles. The number of hydrogen-bond acceptors (Lipinski definition) is 9. The lowest BCUT2D eigenvalue weighted by Crippen LogP contribution is -2.34. The topological polar surface area (TPSA) is 131 Å². The van der Waals surface area contributed by atoms with Crippen molar-refractivity contribution >= 4 is 31.2 Å². The summed E-state index contributed by atoms with van der Waals surface area (Å²) in [4.78, 5) is 0. The maximum absolute atomic E-state index is 12.9. The van der Waals surface area contributed by atoms with E-state index in [4.69, 9.17) is 24.1 Å². The van der Waals surface area contributed by atoms with E-state index in [-0.39, 0.29) is 40.4 Å². The first-order valence-electron chi connectivity index (χ1n) is 7.96. The van der Waals surface area contributed by atoms with Crippen LogP contribution >= 0.6 is 11.3 Å². The van der Waals surface area contributed by atoms with Crippen LogP contribution in [0.2, 0.25) is 0 Å². The second kappa shape index (κ2) is 9.09. The number of ether oxygens (including phenoxy) is 4. The molecule has 0 saturated heterocycles. The van der Waals surface area contributed by atoms with Gasteiger partial charge >= 0.3 is 0 Å². The largest absolute Gasteiger partial charge is 0.376 e. The molecule has 0 aliphatic carbocycles. The molecule has 2 rings (SSSR count). The molecule has 1 aliphatic rings. The third kappa shape index (κ3) is 5.35. The highest BCUT2D eigenvalue weighted by atomic mass is 32.3. The van der Waals surface area contributed by atoms with Gasteiger partial charge in [-0.1, -0.05) is 6.08 Å². The summed E-state index contributed by atoms with van der Waals surface area (Å²) >= 11 is 0.618. The normalized spacial score (nSPS) is 22.9. The molecule has 2 N–H and O–H groups in total. The Bertz CT molecular complexity index is 862.